The number of hydrogen-bond acceptors (Lipinski definition) is 2. The van der Waals surface area contributed by atoms with Gasteiger partial charge in [0.05, 0.1) is 0 Å². The van der Waals surface area contributed by atoms with Crippen molar-refractivity contribution >= 4 is 11.8 Å². The van der Waals surface area contributed by atoms with Crippen LogP contribution in [0.1, 0.15) is 32.6 Å². The first-order valence-corrected chi connectivity index (χ1v) is 5.81. The summed E-state index contributed by atoms with van der Waals surface area (Å²) in [7, 11) is 0. The number of amides is 2. The van der Waals surface area contributed by atoms with Gasteiger partial charge in [-0.2, -0.15) is 0 Å². The Morgan fingerprint density at radius 1 is 1.44 bits per heavy atom. The van der Waals surface area contributed by atoms with E-state index >= 15 is 0 Å². The van der Waals surface area contributed by atoms with Gasteiger partial charge in [0.25, 0.3) is 0 Å². The molecule has 1 aliphatic carbocycles. The van der Waals surface area contributed by atoms with E-state index in [1.165, 1.54) is 6.92 Å². The van der Waals surface area contributed by atoms with Gasteiger partial charge < -0.3 is 10.6 Å². The molecule has 90 valence electrons. The first kappa shape index (κ1) is 12.7. The number of carbonyl (C=O) groups excluding carboxylic acids is 2. The minimum absolute atomic E-state index is 0.0954. The van der Waals surface area contributed by atoms with Crippen molar-refractivity contribution in [3.63, 3.8) is 0 Å². The maximum atomic E-state index is 11.9. The van der Waals surface area contributed by atoms with E-state index in [0.29, 0.717) is 6.54 Å². The second-order valence-corrected chi connectivity index (χ2v) is 4.26. The molecule has 0 radical (unpaired) electrons. The third kappa shape index (κ3) is 3.68. The van der Waals surface area contributed by atoms with Gasteiger partial charge in [-0.25, -0.2) is 0 Å². The quantitative estimate of drug-likeness (QED) is 0.684. The summed E-state index contributed by atoms with van der Waals surface area (Å²) in [4.78, 5) is 22.9. The molecule has 4 heteroatoms. The summed E-state index contributed by atoms with van der Waals surface area (Å²) in [5, 5.41) is 5.49. The second-order valence-electron chi connectivity index (χ2n) is 4.26. The van der Waals surface area contributed by atoms with E-state index in [-0.39, 0.29) is 23.8 Å². The summed E-state index contributed by atoms with van der Waals surface area (Å²) < 4.78 is 0. The molecule has 0 aromatic carbocycles. The van der Waals surface area contributed by atoms with Crippen molar-refractivity contribution in [2.75, 3.05) is 6.54 Å². The lowest BCUT2D eigenvalue weighted by Crippen LogP contribution is -2.49. The normalized spacial score (nSPS) is 17.8. The summed E-state index contributed by atoms with van der Waals surface area (Å²) in [5.41, 5.74) is 0. The van der Waals surface area contributed by atoms with Gasteiger partial charge in [0.1, 0.15) is 6.04 Å². The summed E-state index contributed by atoms with van der Waals surface area (Å²) in [6, 6.07) is -0.375. The lowest BCUT2D eigenvalue weighted by molar-refractivity contribution is -0.129. The molecule has 0 unspecified atom stereocenters. The van der Waals surface area contributed by atoms with Crippen molar-refractivity contribution in [1.29, 1.82) is 0 Å². The molecule has 4 nitrogen and oxygen atoms in total. The molecule has 1 fully saturated rings. The van der Waals surface area contributed by atoms with Crippen LogP contribution in [0.2, 0.25) is 0 Å². The molecule has 1 aliphatic rings. The highest BCUT2D eigenvalue weighted by Crippen LogP contribution is 2.27. The first-order valence-electron chi connectivity index (χ1n) is 5.81. The Balaban J connectivity index is 2.57. The van der Waals surface area contributed by atoms with Crippen LogP contribution >= 0.6 is 0 Å². The average Bonchev–Trinajstić information content (AvgIpc) is 2.75. The highest BCUT2D eigenvalue weighted by Gasteiger charge is 2.30. The summed E-state index contributed by atoms with van der Waals surface area (Å²) >= 11 is 0. The van der Waals surface area contributed by atoms with E-state index in [2.05, 4.69) is 17.2 Å². The van der Waals surface area contributed by atoms with Crippen LogP contribution in [-0.2, 0) is 9.59 Å². The van der Waals surface area contributed by atoms with Gasteiger partial charge >= 0.3 is 0 Å². The monoisotopic (exact) mass is 224 g/mol. The smallest absolute Gasteiger partial charge is 0.243 e. The van der Waals surface area contributed by atoms with E-state index in [9.17, 15) is 9.59 Å². The average molecular weight is 224 g/mol. The van der Waals surface area contributed by atoms with E-state index in [4.69, 9.17) is 0 Å². The van der Waals surface area contributed by atoms with Gasteiger partial charge in [-0.1, -0.05) is 18.9 Å². The zero-order valence-electron chi connectivity index (χ0n) is 9.79. The van der Waals surface area contributed by atoms with Crippen molar-refractivity contribution in [3.05, 3.63) is 12.7 Å². The van der Waals surface area contributed by atoms with Gasteiger partial charge in [-0.05, 0) is 18.8 Å². The van der Waals surface area contributed by atoms with Crippen LogP contribution < -0.4 is 10.6 Å². The van der Waals surface area contributed by atoms with Gasteiger partial charge in [-0.3, -0.25) is 9.59 Å². The summed E-state index contributed by atoms with van der Waals surface area (Å²) in [6.45, 7) is 5.44. The fourth-order valence-corrected chi connectivity index (χ4v) is 2.19. The van der Waals surface area contributed by atoms with Crippen molar-refractivity contribution in [2.24, 2.45) is 5.92 Å². The molecule has 1 atom stereocenters. The lowest BCUT2D eigenvalue weighted by atomic mass is 9.97. The Labute approximate surface area is 96.5 Å². The zero-order valence-corrected chi connectivity index (χ0v) is 9.79. The third-order valence-corrected chi connectivity index (χ3v) is 2.93. The number of hydrogen-bond donors (Lipinski definition) is 2. The van der Waals surface area contributed by atoms with E-state index in [1.807, 2.05) is 0 Å². The van der Waals surface area contributed by atoms with Crippen molar-refractivity contribution < 1.29 is 9.59 Å². The van der Waals surface area contributed by atoms with Gasteiger partial charge in [0.15, 0.2) is 0 Å². The molecule has 0 aliphatic heterocycles. The Bertz CT molecular complexity index is 270. The summed E-state index contributed by atoms with van der Waals surface area (Å²) in [5.74, 6) is 0.0429. The highest BCUT2D eigenvalue weighted by molar-refractivity contribution is 5.87. The standard InChI is InChI=1S/C12H20N2O2/c1-3-8-13-12(16)11(14-9(2)15)10-6-4-5-7-10/h3,10-11H,1,4-8H2,2H3,(H,13,16)(H,14,15)/t11-/m0/s1. The molecule has 0 aromatic heterocycles. The highest BCUT2D eigenvalue weighted by atomic mass is 16.2. The van der Waals surface area contributed by atoms with Crippen LogP contribution in [-0.4, -0.2) is 24.4 Å². The summed E-state index contributed by atoms with van der Waals surface area (Å²) in [6.07, 6.45) is 5.97. The predicted octanol–water partition coefficient (Wildman–Crippen LogP) is 0.983. The molecule has 1 saturated carbocycles. The largest absolute Gasteiger partial charge is 0.351 e. The van der Waals surface area contributed by atoms with Crippen molar-refractivity contribution in [3.8, 4) is 0 Å². The Morgan fingerprint density at radius 3 is 2.56 bits per heavy atom. The van der Waals surface area contributed by atoms with E-state index in [1.54, 1.807) is 6.08 Å². The SMILES string of the molecule is C=CCNC(=O)[C@@H](NC(C)=O)C1CCCC1. The van der Waals surface area contributed by atoms with Crippen LogP contribution in [0, 0.1) is 5.92 Å². The molecule has 0 saturated heterocycles. The lowest BCUT2D eigenvalue weighted by Gasteiger charge is -2.22. The van der Waals surface area contributed by atoms with E-state index < -0.39 is 0 Å². The third-order valence-electron chi connectivity index (χ3n) is 2.93. The van der Waals surface area contributed by atoms with Crippen molar-refractivity contribution in [1.82, 2.24) is 10.6 Å². The number of carbonyl (C=O) groups is 2. The maximum absolute atomic E-state index is 11.9. The fraction of sp³-hybridized carbons (Fsp3) is 0.667. The Morgan fingerprint density at radius 2 is 2.06 bits per heavy atom. The molecule has 2 N–H and O–H groups in total. The van der Waals surface area contributed by atoms with Crippen LogP contribution in [0.3, 0.4) is 0 Å². The van der Waals surface area contributed by atoms with Crippen LogP contribution in [0.5, 0.6) is 0 Å². The molecule has 0 heterocycles. The van der Waals surface area contributed by atoms with Gasteiger partial charge in [-0.15, -0.1) is 6.58 Å². The van der Waals surface area contributed by atoms with Crippen LogP contribution in [0.15, 0.2) is 12.7 Å². The molecule has 0 bridgehead atoms. The molecule has 1 rings (SSSR count). The van der Waals surface area contributed by atoms with Gasteiger partial charge in [0, 0.05) is 13.5 Å². The first-order chi connectivity index (χ1) is 7.65. The second kappa shape index (κ2) is 6.30. The molecular formula is C12H20N2O2. The molecule has 2 amide bonds. The van der Waals surface area contributed by atoms with E-state index in [0.717, 1.165) is 25.7 Å². The van der Waals surface area contributed by atoms with Crippen LogP contribution in [0.25, 0.3) is 0 Å². The molecular weight excluding hydrogens is 204 g/mol. The minimum atomic E-state index is -0.375. The van der Waals surface area contributed by atoms with Crippen molar-refractivity contribution in [2.45, 2.75) is 38.6 Å². The van der Waals surface area contributed by atoms with Crippen LogP contribution in [0.4, 0.5) is 0 Å². The number of nitrogens with one attached hydrogen (secondary N) is 2. The fourth-order valence-electron chi connectivity index (χ4n) is 2.19. The molecule has 16 heavy (non-hydrogen) atoms. The maximum Gasteiger partial charge on any atom is 0.243 e. The Hall–Kier alpha value is -1.32. The molecule has 0 aromatic rings. The zero-order chi connectivity index (χ0) is 12.0. The predicted molar refractivity (Wildman–Crippen MR) is 62.8 cm³/mol. The number of rotatable bonds is 5. The Kier molecular flexibility index (Phi) is 5.02. The minimum Gasteiger partial charge on any atom is -0.351 e. The topological polar surface area (TPSA) is 58.2 Å². The molecule has 0 spiro atoms. The van der Waals surface area contributed by atoms with Gasteiger partial charge in [0.2, 0.25) is 11.8 Å².